The fourth-order valence-electron chi connectivity index (χ4n) is 4.23. The van der Waals surface area contributed by atoms with Crippen LogP contribution in [-0.4, -0.2) is 26.7 Å². The molecule has 7 nitrogen and oxygen atoms in total. The summed E-state index contributed by atoms with van der Waals surface area (Å²) >= 11 is 0. The van der Waals surface area contributed by atoms with E-state index in [1.807, 2.05) is 94.4 Å². The molecule has 1 saturated heterocycles. The Labute approximate surface area is 228 Å². The van der Waals surface area contributed by atoms with Crippen LogP contribution >= 0.6 is 0 Å². The van der Waals surface area contributed by atoms with Crippen LogP contribution in [0.3, 0.4) is 0 Å². The zero-order valence-electron chi connectivity index (χ0n) is 22.0. The third-order valence-electron chi connectivity index (χ3n) is 6.99. The lowest BCUT2D eigenvalue weighted by Crippen LogP contribution is -2.41. The van der Waals surface area contributed by atoms with Crippen molar-refractivity contribution in [1.29, 1.82) is 0 Å². The molecule has 202 valence electrons. The maximum Gasteiger partial charge on any atom is 0.494 e. The number of fused-ring (bicyclic) bond motifs is 1. The first-order chi connectivity index (χ1) is 18.4. The van der Waals surface area contributed by atoms with Crippen molar-refractivity contribution in [3.8, 4) is 17.2 Å². The van der Waals surface area contributed by atoms with Gasteiger partial charge in [0.25, 0.3) is 6.29 Å². The van der Waals surface area contributed by atoms with Crippen molar-refractivity contribution in [1.82, 2.24) is 0 Å². The second-order valence-electron chi connectivity index (χ2n) is 10.2. The third kappa shape index (κ3) is 6.03. The van der Waals surface area contributed by atoms with Gasteiger partial charge in [0.05, 0.1) is 11.2 Å². The first-order valence-electron chi connectivity index (χ1n) is 12.4. The molecule has 1 atom stereocenters. The monoisotopic (exact) mass is 550 g/mol. The van der Waals surface area contributed by atoms with Crippen molar-refractivity contribution in [2.75, 3.05) is 0 Å². The van der Waals surface area contributed by atoms with Crippen LogP contribution in [-0.2, 0) is 19.8 Å². The summed E-state index contributed by atoms with van der Waals surface area (Å²) in [4.78, 5) is 0. The zero-order valence-corrected chi connectivity index (χ0v) is 22.8. The van der Waals surface area contributed by atoms with Crippen LogP contribution in [0.5, 0.6) is 17.2 Å². The molecule has 1 fully saturated rings. The van der Waals surface area contributed by atoms with Gasteiger partial charge in [-0.2, -0.15) is 8.42 Å². The van der Waals surface area contributed by atoms with E-state index in [-0.39, 0.29) is 5.75 Å². The number of hydrogen-bond donors (Lipinski definition) is 0. The van der Waals surface area contributed by atoms with E-state index in [0.717, 1.165) is 21.8 Å². The molecule has 0 aromatic heterocycles. The molecule has 10 heteroatoms. The summed E-state index contributed by atoms with van der Waals surface area (Å²) in [6, 6.07) is 26.7. The van der Waals surface area contributed by atoms with Crippen LogP contribution in [0.25, 0.3) is 10.8 Å². The molecular weight excluding hydrogens is 522 g/mol. The van der Waals surface area contributed by atoms with Gasteiger partial charge >= 0.3 is 17.6 Å². The van der Waals surface area contributed by atoms with E-state index >= 15 is 0 Å². The Morgan fingerprint density at radius 1 is 0.718 bits per heavy atom. The molecule has 0 radical (unpaired) electrons. The molecule has 5 rings (SSSR count). The molecule has 1 heterocycles. The average molecular weight is 550 g/mol. The maximum atomic E-state index is 12.9. The van der Waals surface area contributed by atoms with E-state index in [1.165, 1.54) is 24.3 Å². The van der Waals surface area contributed by atoms with E-state index in [2.05, 4.69) is 4.18 Å². The summed E-state index contributed by atoms with van der Waals surface area (Å²) in [5.74, 6) is 0.743. The zero-order chi connectivity index (χ0) is 27.8. The smallest absolute Gasteiger partial charge is 0.451 e. The molecule has 39 heavy (non-hydrogen) atoms. The number of benzene rings is 4. The quantitative estimate of drug-likeness (QED) is 0.154. The molecule has 0 saturated carbocycles. The summed E-state index contributed by atoms with van der Waals surface area (Å²) in [6.07, 6.45) is -0.865. The van der Waals surface area contributed by atoms with Crippen LogP contribution in [0.2, 0.25) is 0 Å². The van der Waals surface area contributed by atoms with Crippen molar-refractivity contribution < 1.29 is 35.3 Å². The summed E-state index contributed by atoms with van der Waals surface area (Å²) in [6.45, 7) is 8.02. The fraction of sp³-hybridized carbons (Fsp3) is 0.241. The van der Waals surface area contributed by atoms with Gasteiger partial charge in [0, 0.05) is 5.56 Å². The minimum absolute atomic E-state index is 0.175. The maximum absolute atomic E-state index is 12.9. The SMILES string of the molecule is CC1(C)OB(c2ccc(OC(Oc3ccc(OS(=O)(=O)F)cc3)c3cccc4ccccc34)cc2)OC1(C)C. The van der Waals surface area contributed by atoms with Crippen LogP contribution in [0.15, 0.2) is 91.0 Å². The van der Waals surface area contributed by atoms with Gasteiger partial charge in [0.2, 0.25) is 0 Å². The number of rotatable bonds is 8. The minimum atomic E-state index is -5.13. The minimum Gasteiger partial charge on any atom is -0.451 e. The van der Waals surface area contributed by atoms with Gasteiger partial charge in [0.15, 0.2) is 0 Å². The number of halogens is 1. The summed E-state index contributed by atoms with van der Waals surface area (Å²) in [5, 5.41) is 1.96. The predicted octanol–water partition coefficient (Wildman–Crippen LogP) is 5.89. The molecule has 0 spiro atoms. The summed E-state index contributed by atoms with van der Waals surface area (Å²) < 4.78 is 63.6. The Morgan fingerprint density at radius 2 is 1.23 bits per heavy atom. The molecule has 0 bridgehead atoms. The molecule has 0 N–H and O–H groups in total. The largest absolute Gasteiger partial charge is 0.494 e. The molecule has 0 aliphatic carbocycles. The molecule has 1 unspecified atom stereocenters. The van der Waals surface area contributed by atoms with Gasteiger partial charge in [-0.05, 0) is 80.3 Å². The van der Waals surface area contributed by atoms with Gasteiger partial charge in [-0.25, -0.2) is 0 Å². The van der Waals surface area contributed by atoms with E-state index < -0.39 is 35.1 Å². The molecule has 4 aromatic carbocycles. The molecule has 1 aliphatic rings. The van der Waals surface area contributed by atoms with Gasteiger partial charge in [-0.1, -0.05) is 58.5 Å². The van der Waals surface area contributed by atoms with Crippen molar-refractivity contribution in [2.45, 2.75) is 45.2 Å². The van der Waals surface area contributed by atoms with Crippen LogP contribution in [0.4, 0.5) is 3.89 Å². The first kappa shape index (κ1) is 27.0. The van der Waals surface area contributed by atoms with E-state index in [9.17, 15) is 12.3 Å². The van der Waals surface area contributed by atoms with Gasteiger partial charge in [-0.15, -0.1) is 0 Å². The van der Waals surface area contributed by atoms with Gasteiger partial charge in [-0.3, -0.25) is 0 Å². The topological polar surface area (TPSA) is 80.3 Å². The first-order valence-corrected chi connectivity index (χ1v) is 13.7. The molecule has 0 amide bonds. The molecule has 4 aromatic rings. The van der Waals surface area contributed by atoms with Crippen molar-refractivity contribution in [3.63, 3.8) is 0 Å². The lowest BCUT2D eigenvalue weighted by molar-refractivity contribution is 0.00500. The highest BCUT2D eigenvalue weighted by atomic mass is 32.3. The van der Waals surface area contributed by atoms with Gasteiger partial charge < -0.3 is 23.0 Å². The summed E-state index contributed by atoms with van der Waals surface area (Å²) in [5.41, 5.74) is 0.751. The molecular formula is C29H28BFO7S. The second-order valence-corrected chi connectivity index (χ2v) is 11.2. The highest BCUT2D eigenvalue weighted by Crippen LogP contribution is 2.37. The van der Waals surface area contributed by atoms with Crippen LogP contribution < -0.4 is 19.1 Å². The number of hydrogen-bond acceptors (Lipinski definition) is 7. The fourth-order valence-corrected chi connectivity index (χ4v) is 4.57. The van der Waals surface area contributed by atoms with Crippen molar-refractivity contribution in [3.05, 3.63) is 96.6 Å². The lowest BCUT2D eigenvalue weighted by Gasteiger charge is -2.32. The van der Waals surface area contributed by atoms with Gasteiger partial charge in [0.1, 0.15) is 17.2 Å². The Hall–Kier alpha value is -3.60. The van der Waals surface area contributed by atoms with E-state index in [4.69, 9.17) is 18.8 Å². The molecule has 1 aliphatic heterocycles. The Kier molecular flexibility index (Phi) is 7.05. The highest BCUT2D eigenvalue weighted by molar-refractivity contribution is 7.81. The summed E-state index contributed by atoms with van der Waals surface area (Å²) in [7, 11) is -5.62. The lowest BCUT2D eigenvalue weighted by atomic mass is 9.79. The van der Waals surface area contributed by atoms with Crippen molar-refractivity contribution >= 4 is 33.9 Å². The predicted molar refractivity (Wildman–Crippen MR) is 147 cm³/mol. The normalized spacial score (nSPS) is 17.1. The Morgan fingerprint density at radius 3 is 1.82 bits per heavy atom. The number of ether oxygens (including phenoxy) is 2. The second kappa shape index (κ2) is 10.2. The average Bonchev–Trinajstić information content (AvgIpc) is 3.10. The third-order valence-corrected chi connectivity index (χ3v) is 7.38. The van der Waals surface area contributed by atoms with E-state index in [1.54, 1.807) is 0 Å². The standard InChI is InChI=1S/C29H28BFO7S/c1-28(2)29(3,4)38-30(37-28)21-12-14-22(15-13-21)34-27(26-11-7-9-20-8-5-6-10-25(20)26)35-23-16-18-24(19-17-23)36-39(31,32)33/h5-19,27H,1-4H3. The Balaban J connectivity index is 1.42. The highest BCUT2D eigenvalue weighted by Gasteiger charge is 2.51. The van der Waals surface area contributed by atoms with Crippen molar-refractivity contribution in [2.24, 2.45) is 0 Å². The van der Waals surface area contributed by atoms with Crippen LogP contribution in [0.1, 0.15) is 39.5 Å². The van der Waals surface area contributed by atoms with Crippen LogP contribution in [0, 0.1) is 0 Å². The van der Waals surface area contributed by atoms with E-state index in [0.29, 0.717) is 11.5 Å². The Bertz CT molecular complexity index is 1550.